The van der Waals surface area contributed by atoms with E-state index in [9.17, 15) is 14.0 Å². The minimum atomic E-state index is -0.520. The molecule has 0 radical (unpaired) electrons. The van der Waals surface area contributed by atoms with Gasteiger partial charge in [0.1, 0.15) is 16.9 Å². The van der Waals surface area contributed by atoms with E-state index in [0.717, 1.165) is 19.3 Å². The van der Waals surface area contributed by atoms with Crippen LogP contribution < -0.4 is 11.3 Å². The molecule has 4 heterocycles. The maximum atomic E-state index is 14.9. The molecule has 0 bridgehead atoms. The molecule has 3 N–H and O–H groups in total. The van der Waals surface area contributed by atoms with Crippen molar-refractivity contribution >= 4 is 33.7 Å². The van der Waals surface area contributed by atoms with Gasteiger partial charge in [0.15, 0.2) is 17.3 Å². The molecule has 4 aromatic rings. The zero-order valence-electron chi connectivity index (χ0n) is 19.4. The molecule has 0 unspecified atom stereocenters. The lowest BCUT2D eigenvalue weighted by Gasteiger charge is -2.21. The van der Waals surface area contributed by atoms with Crippen LogP contribution in [-0.4, -0.2) is 43.6 Å². The standard InChI is InChI=1S/C26H23FN6O3/c1-2-21(34)32-9-8-17(13-32)33-12-16(22-23(33)25(35)31-30-24(22)28)7-6-15-10-19-20(11-18(15)27)36-26(29-19)14-4-3-5-14/h2,10-12,14,17H,1,3-5,8-9,13H2,(H2,28,30)(H,31,35)/t17-/m0/s1. The molecule has 10 heteroatoms. The van der Waals surface area contributed by atoms with Crippen LogP contribution in [-0.2, 0) is 4.79 Å². The number of nitrogens with two attached hydrogens (primary N) is 1. The predicted molar refractivity (Wildman–Crippen MR) is 132 cm³/mol. The van der Waals surface area contributed by atoms with Gasteiger partial charge in [-0.3, -0.25) is 9.59 Å². The van der Waals surface area contributed by atoms with Crippen molar-refractivity contribution in [2.24, 2.45) is 0 Å². The summed E-state index contributed by atoms with van der Waals surface area (Å²) in [4.78, 5) is 31.0. The number of carbonyl (C=O) groups excluding carboxylic acids is 1. The molecular weight excluding hydrogens is 463 g/mol. The molecule has 0 spiro atoms. The Kier molecular flexibility index (Phi) is 5.14. The van der Waals surface area contributed by atoms with Crippen LogP contribution in [0.1, 0.15) is 54.7 Å². The van der Waals surface area contributed by atoms with Gasteiger partial charge in [-0.05, 0) is 31.4 Å². The average molecular weight is 487 g/mol. The highest BCUT2D eigenvalue weighted by atomic mass is 19.1. The van der Waals surface area contributed by atoms with Crippen molar-refractivity contribution in [2.75, 3.05) is 18.8 Å². The number of likely N-dealkylation sites (tertiary alicyclic amines) is 1. The lowest BCUT2D eigenvalue weighted by Crippen LogP contribution is -2.27. The number of carbonyl (C=O) groups is 1. The number of anilines is 1. The van der Waals surface area contributed by atoms with Crippen LogP contribution in [0.15, 0.2) is 40.2 Å². The molecule has 2 fully saturated rings. The molecule has 6 rings (SSSR count). The third-order valence-electron chi connectivity index (χ3n) is 7.10. The maximum Gasteiger partial charge on any atom is 0.288 e. The molecule has 36 heavy (non-hydrogen) atoms. The number of aromatic amines is 1. The number of benzene rings is 1. The van der Waals surface area contributed by atoms with Gasteiger partial charge in [-0.15, -0.1) is 0 Å². The first-order valence-corrected chi connectivity index (χ1v) is 11.8. The van der Waals surface area contributed by atoms with E-state index in [1.54, 1.807) is 21.7 Å². The zero-order chi connectivity index (χ0) is 25.0. The Hall–Kier alpha value is -4.39. The highest BCUT2D eigenvalue weighted by molar-refractivity contribution is 5.94. The van der Waals surface area contributed by atoms with Crippen molar-refractivity contribution in [1.82, 2.24) is 24.6 Å². The van der Waals surface area contributed by atoms with Gasteiger partial charge in [-0.25, -0.2) is 14.5 Å². The predicted octanol–water partition coefficient (Wildman–Crippen LogP) is 3.21. The molecule has 1 saturated carbocycles. The van der Waals surface area contributed by atoms with Crippen molar-refractivity contribution in [3.05, 3.63) is 64.2 Å². The summed E-state index contributed by atoms with van der Waals surface area (Å²) in [7, 11) is 0. The van der Waals surface area contributed by atoms with E-state index in [-0.39, 0.29) is 23.3 Å². The molecule has 1 aliphatic heterocycles. The molecule has 1 aliphatic carbocycles. The largest absolute Gasteiger partial charge is 0.440 e. The number of oxazole rings is 1. The second-order valence-corrected chi connectivity index (χ2v) is 9.27. The number of nitrogens with zero attached hydrogens (tertiary/aromatic N) is 4. The smallest absolute Gasteiger partial charge is 0.288 e. The Bertz CT molecular complexity index is 1670. The summed E-state index contributed by atoms with van der Waals surface area (Å²) in [5.74, 6) is 6.22. The van der Waals surface area contributed by atoms with E-state index in [0.29, 0.717) is 58.9 Å². The maximum absolute atomic E-state index is 14.9. The van der Waals surface area contributed by atoms with Crippen LogP contribution >= 0.6 is 0 Å². The zero-order valence-corrected chi connectivity index (χ0v) is 19.4. The van der Waals surface area contributed by atoms with Crippen LogP contribution in [0.4, 0.5) is 10.2 Å². The minimum Gasteiger partial charge on any atom is -0.440 e. The Morgan fingerprint density at radius 2 is 2.08 bits per heavy atom. The molecule has 3 aromatic heterocycles. The van der Waals surface area contributed by atoms with E-state index >= 15 is 0 Å². The number of rotatable bonds is 3. The van der Waals surface area contributed by atoms with Crippen LogP contribution in [0, 0.1) is 17.7 Å². The van der Waals surface area contributed by atoms with Crippen molar-refractivity contribution in [3.63, 3.8) is 0 Å². The molecule has 2 aliphatic rings. The Morgan fingerprint density at radius 3 is 2.83 bits per heavy atom. The first kappa shape index (κ1) is 22.1. The first-order chi connectivity index (χ1) is 17.4. The molecule has 182 valence electrons. The van der Waals surface area contributed by atoms with Crippen LogP contribution in [0.5, 0.6) is 0 Å². The van der Waals surface area contributed by atoms with Crippen LogP contribution in [0.25, 0.3) is 22.0 Å². The quantitative estimate of drug-likeness (QED) is 0.339. The highest BCUT2D eigenvalue weighted by Crippen LogP contribution is 2.37. The fourth-order valence-electron chi connectivity index (χ4n) is 4.94. The van der Waals surface area contributed by atoms with Crippen molar-refractivity contribution < 1.29 is 13.6 Å². The van der Waals surface area contributed by atoms with Gasteiger partial charge in [0.05, 0.1) is 22.6 Å². The van der Waals surface area contributed by atoms with Crippen molar-refractivity contribution in [2.45, 2.75) is 37.6 Å². The van der Waals surface area contributed by atoms with Crippen LogP contribution in [0.3, 0.4) is 0 Å². The minimum absolute atomic E-state index is 0.113. The second kappa shape index (κ2) is 8.37. The fourth-order valence-corrected chi connectivity index (χ4v) is 4.94. The van der Waals surface area contributed by atoms with Gasteiger partial charge < -0.3 is 19.6 Å². The van der Waals surface area contributed by atoms with Gasteiger partial charge in [-0.2, -0.15) is 5.10 Å². The summed E-state index contributed by atoms with van der Waals surface area (Å²) in [5, 5.41) is 6.71. The van der Waals surface area contributed by atoms with E-state index in [1.165, 1.54) is 12.1 Å². The molecule has 1 aromatic carbocycles. The topological polar surface area (TPSA) is 123 Å². The molecule has 1 amide bonds. The van der Waals surface area contributed by atoms with E-state index in [4.69, 9.17) is 10.2 Å². The van der Waals surface area contributed by atoms with Gasteiger partial charge in [-0.1, -0.05) is 24.8 Å². The number of nitrogen functional groups attached to an aromatic ring is 1. The van der Waals surface area contributed by atoms with Crippen molar-refractivity contribution in [3.8, 4) is 11.8 Å². The molecular formula is C26H23FN6O3. The summed E-state index contributed by atoms with van der Waals surface area (Å²) < 4.78 is 22.4. The normalized spacial score (nSPS) is 17.8. The monoisotopic (exact) mass is 486 g/mol. The van der Waals surface area contributed by atoms with Gasteiger partial charge in [0, 0.05) is 31.3 Å². The third kappa shape index (κ3) is 3.55. The fraction of sp³-hybridized carbons (Fsp3) is 0.308. The number of aromatic nitrogens is 4. The number of fused-ring (bicyclic) bond motifs is 2. The Balaban J connectivity index is 1.41. The lowest BCUT2D eigenvalue weighted by atomic mass is 9.85. The van der Waals surface area contributed by atoms with Crippen LogP contribution in [0.2, 0.25) is 0 Å². The summed E-state index contributed by atoms with van der Waals surface area (Å²) in [5.41, 5.74) is 7.59. The summed E-state index contributed by atoms with van der Waals surface area (Å²) in [6.45, 7) is 4.50. The lowest BCUT2D eigenvalue weighted by molar-refractivity contribution is -0.125. The average Bonchev–Trinajstić information content (AvgIpc) is 3.55. The number of hydrogen-bond acceptors (Lipinski definition) is 6. The highest BCUT2D eigenvalue weighted by Gasteiger charge is 2.29. The summed E-state index contributed by atoms with van der Waals surface area (Å²) >= 11 is 0. The summed E-state index contributed by atoms with van der Waals surface area (Å²) in [6, 6.07) is 2.73. The number of amides is 1. The number of H-pyrrole nitrogens is 1. The second-order valence-electron chi connectivity index (χ2n) is 9.27. The number of halogens is 1. The first-order valence-electron chi connectivity index (χ1n) is 11.8. The number of hydrogen-bond donors (Lipinski definition) is 2. The third-order valence-corrected chi connectivity index (χ3v) is 7.10. The molecule has 9 nitrogen and oxygen atoms in total. The molecule has 1 atom stereocenters. The van der Waals surface area contributed by atoms with E-state index in [1.807, 2.05) is 0 Å². The van der Waals surface area contributed by atoms with E-state index < -0.39 is 11.4 Å². The van der Waals surface area contributed by atoms with Gasteiger partial charge >= 0.3 is 0 Å². The number of nitrogens with one attached hydrogen (secondary N) is 1. The Labute approximate surface area is 204 Å². The Morgan fingerprint density at radius 1 is 1.28 bits per heavy atom. The van der Waals surface area contributed by atoms with E-state index in [2.05, 4.69) is 33.6 Å². The van der Waals surface area contributed by atoms with Gasteiger partial charge in [0.2, 0.25) is 5.91 Å². The SMILES string of the molecule is C=CC(=O)N1CC[C@H](n2cc(C#Cc3cc4nc(C5CCC5)oc4cc3F)c3c(N)n[nH]c(=O)c32)C1. The summed E-state index contributed by atoms with van der Waals surface area (Å²) in [6.07, 6.45) is 6.85. The van der Waals surface area contributed by atoms with Gasteiger partial charge in [0.25, 0.3) is 5.56 Å². The molecule has 1 saturated heterocycles. The van der Waals surface area contributed by atoms with Crippen molar-refractivity contribution in [1.29, 1.82) is 0 Å².